The fourth-order valence-corrected chi connectivity index (χ4v) is 1.94. The Morgan fingerprint density at radius 3 is 2.78 bits per heavy atom. The zero-order valence-corrected chi connectivity index (χ0v) is 12.7. The summed E-state index contributed by atoms with van der Waals surface area (Å²) in [5.41, 5.74) is 0.903. The first-order valence-electron chi connectivity index (χ1n) is 7.22. The van der Waals surface area contributed by atoms with Crippen molar-refractivity contribution in [3.63, 3.8) is 0 Å². The van der Waals surface area contributed by atoms with Gasteiger partial charge in [-0.2, -0.15) is 0 Å². The molecular weight excluding hydrogens is 306 g/mol. The molecule has 0 fully saturated rings. The van der Waals surface area contributed by atoms with Crippen molar-refractivity contribution in [1.29, 1.82) is 0 Å². The highest BCUT2D eigenvalue weighted by Crippen LogP contribution is 2.15. The molecule has 0 saturated carbocycles. The van der Waals surface area contributed by atoms with Gasteiger partial charge in [-0.05, 0) is 25.1 Å². The molecule has 1 aromatic carbocycles. The minimum atomic E-state index is -0.969. The van der Waals surface area contributed by atoms with Crippen LogP contribution >= 0.6 is 0 Å². The van der Waals surface area contributed by atoms with E-state index < -0.39 is 11.6 Å². The summed E-state index contributed by atoms with van der Waals surface area (Å²) >= 11 is 0. The number of ether oxygens (including phenoxy) is 1. The molecule has 0 saturated heterocycles. The maximum Gasteiger partial charge on any atom is 0.317 e. The standard InChI is InChI=1S/C16H18F2N2O3/c1-2-20(10-12-5-7-22-11-12)16(21)19-6-8-23-13-3-4-14(17)15(18)9-13/h3-5,7,9,11H,2,6,8,10H2,1H3,(H,19,21). The predicted octanol–water partition coefficient (Wildman–Crippen LogP) is 3.17. The summed E-state index contributed by atoms with van der Waals surface area (Å²) in [5, 5.41) is 2.71. The number of halogens is 2. The minimum Gasteiger partial charge on any atom is -0.492 e. The first kappa shape index (κ1) is 16.8. The molecule has 0 spiro atoms. The normalized spacial score (nSPS) is 10.4. The Morgan fingerprint density at radius 1 is 1.30 bits per heavy atom. The van der Waals surface area contributed by atoms with E-state index in [1.165, 1.54) is 6.07 Å². The van der Waals surface area contributed by atoms with Crippen LogP contribution in [0.2, 0.25) is 0 Å². The van der Waals surface area contributed by atoms with Crippen molar-refractivity contribution in [2.75, 3.05) is 19.7 Å². The van der Waals surface area contributed by atoms with Gasteiger partial charge < -0.3 is 19.4 Å². The number of benzene rings is 1. The molecule has 0 radical (unpaired) electrons. The smallest absolute Gasteiger partial charge is 0.317 e. The van der Waals surface area contributed by atoms with Crippen LogP contribution in [0.25, 0.3) is 0 Å². The topological polar surface area (TPSA) is 54.7 Å². The Morgan fingerprint density at radius 2 is 2.13 bits per heavy atom. The quantitative estimate of drug-likeness (QED) is 0.796. The molecule has 7 heteroatoms. The maximum atomic E-state index is 13.0. The van der Waals surface area contributed by atoms with E-state index in [2.05, 4.69) is 5.32 Å². The van der Waals surface area contributed by atoms with Gasteiger partial charge in [0.25, 0.3) is 0 Å². The predicted molar refractivity (Wildman–Crippen MR) is 80.0 cm³/mol. The first-order valence-corrected chi connectivity index (χ1v) is 7.22. The molecule has 0 atom stereocenters. The number of nitrogens with one attached hydrogen (secondary N) is 1. The summed E-state index contributed by atoms with van der Waals surface area (Å²) in [5.74, 6) is -1.68. The van der Waals surface area contributed by atoms with Crippen LogP contribution in [0.1, 0.15) is 12.5 Å². The van der Waals surface area contributed by atoms with Crippen LogP contribution < -0.4 is 10.1 Å². The van der Waals surface area contributed by atoms with Crippen LogP contribution in [0.15, 0.2) is 41.2 Å². The fourth-order valence-electron chi connectivity index (χ4n) is 1.94. The van der Waals surface area contributed by atoms with E-state index in [4.69, 9.17) is 9.15 Å². The van der Waals surface area contributed by atoms with Crippen molar-refractivity contribution in [2.45, 2.75) is 13.5 Å². The van der Waals surface area contributed by atoms with E-state index in [-0.39, 0.29) is 24.9 Å². The molecule has 1 N–H and O–H groups in total. The second-order valence-corrected chi connectivity index (χ2v) is 4.80. The van der Waals surface area contributed by atoms with E-state index in [1.54, 1.807) is 23.5 Å². The van der Waals surface area contributed by atoms with E-state index in [1.807, 2.05) is 6.92 Å². The number of furan rings is 1. The van der Waals surface area contributed by atoms with Gasteiger partial charge >= 0.3 is 6.03 Å². The lowest BCUT2D eigenvalue weighted by Crippen LogP contribution is -2.40. The Labute approximate surface area is 132 Å². The Kier molecular flexibility index (Phi) is 5.96. The monoisotopic (exact) mass is 324 g/mol. The molecule has 2 rings (SSSR count). The van der Waals surface area contributed by atoms with Crippen LogP contribution in [0.4, 0.5) is 13.6 Å². The number of hydrogen-bond acceptors (Lipinski definition) is 3. The molecule has 5 nitrogen and oxygen atoms in total. The largest absolute Gasteiger partial charge is 0.492 e. The molecular formula is C16H18F2N2O3. The van der Waals surface area contributed by atoms with Gasteiger partial charge in [0, 0.05) is 18.2 Å². The third-order valence-corrected chi connectivity index (χ3v) is 3.16. The average Bonchev–Trinajstić information content (AvgIpc) is 3.05. The Bertz CT molecular complexity index is 632. The fraction of sp³-hybridized carbons (Fsp3) is 0.312. The number of amides is 2. The third kappa shape index (κ3) is 4.98. The average molecular weight is 324 g/mol. The van der Waals surface area contributed by atoms with Crippen LogP contribution in [-0.4, -0.2) is 30.6 Å². The van der Waals surface area contributed by atoms with Crippen LogP contribution in [0, 0.1) is 11.6 Å². The van der Waals surface area contributed by atoms with Crippen LogP contribution in [0.5, 0.6) is 5.75 Å². The third-order valence-electron chi connectivity index (χ3n) is 3.16. The Balaban J connectivity index is 1.73. The van der Waals surface area contributed by atoms with Crippen molar-refractivity contribution in [3.05, 3.63) is 54.0 Å². The highest BCUT2D eigenvalue weighted by molar-refractivity contribution is 5.74. The van der Waals surface area contributed by atoms with Crippen LogP contribution in [0.3, 0.4) is 0 Å². The molecule has 2 amide bonds. The second kappa shape index (κ2) is 8.17. The van der Waals surface area contributed by atoms with Gasteiger partial charge in [0.1, 0.15) is 12.4 Å². The number of nitrogens with zero attached hydrogens (tertiary/aromatic N) is 1. The lowest BCUT2D eigenvalue weighted by Gasteiger charge is -2.20. The number of carbonyl (C=O) groups is 1. The van der Waals surface area contributed by atoms with E-state index >= 15 is 0 Å². The second-order valence-electron chi connectivity index (χ2n) is 4.80. The Hall–Kier alpha value is -2.57. The molecule has 2 aromatic rings. The van der Waals surface area contributed by atoms with Crippen molar-refractivity contribution >= 4 is 6.03 Å². The highest BCUT2D eigenvalue weighted by Gasteiger charge is 2.12. The van der Waals surface area contributed by atoms with E-state index in [0.717, 1.165) is 17.7 Å². The number of hydrogen-bond donors (Lipinski definition) is 1. The van der Waals surface area contributed by atoms with Crippen molar-refractivity contribution in [2.24, 2.45) is 0 Å². The van der Waals surface area contributed by atoms with Gasteiger partial charge in [0.2, 0.25) is 0 Å². The number of urea groups is 1. The SMILES string of the molecule is CCN(Cc1ccoc1)C(=O)NCCOc1ccc(F)c(F)c1. The van der Waals surface area contributed by atoms with Crippen LogP contribution in [-0.2, 0) is 6.54 Å². The molecule has 0 aliphatic carbocycles. The molecule has 1 aromatic heterocycles. The maximum absolute atomic E-state index is 13.0. The highest BCUT2D eigenvalue weighted by atomic mass is 19.2. The van der Waals surface area contributed by atoms with Gasteiger partial charge in [0.15, 0.2) is 11.6 Å². The number of rotatable bonds is 7. The lowest BCUT2D eigenvalue weighted by atomic mass is 10.3. The molecule has 0 aliphatic heterocycles. The van der Waals surface area contributed by atoms with Crippen molar-refractivity contribution in [3.8, 4) is 5.75 Å². The van der Waals surface area contributed by atoms with Gasteiger partial charge in [-0.15, -0.1) is 0 Å². The lowest BCUT2D eigenvalue weighted by molar-refractivity contribution is 0.195. The molecule has 0 aliphatic rings. The molecule has 0 unspecified atom stereocenters. The summed E-state index contributed by atoms with van der Waals surface area (Å²) in [7, 11) is 0. The van der Waals surface area contributed by atoms with Crippen molar-refractivity contribution in [1.82, 2.24) is 10.2 Å². The first-order chi connectivity index (χ1) is 11.1. The number of carbonyl (C=O) groups excluding carboxylic acids is 1. The molecule has 23 heavy (non-hydrogen) atoms. The van der Waals surface area contributed by atoms with Crippen molar-refractivity contribution < 1.29 is 22.7 Å². The summed E-state index contributed by atoms with van der Waals surface area (Å²) in [4.78, 5) is 13.6. The van der Waals surface area contributed by atoms with Gasteiger partial charge in [0.05, 0.1) is 25.6 Å². The van der Waals surface area contributed by atoms with E-state index in [0.29, 0.717) is 13.1 Å². The van der Waals surface area contributed by atoms with Gasteiger partial charge in [-0.1, -0.05) is 0 Å². The van der Waals surface area contributed by atoms with Gasteiger partial charge in [-0.3, -0.25) is 0 Å². The molecule has 124 valence electrons. The summed E-state index contributed by atoms with van der Waals surface area (Å²) in [6, 6.07) is 4.85. The van der Waals surface area contributed by atoms with Gasteiger partial charge in [-0.25, -0.2) is 13.6 Å². The zero-order chi connectivity index (χ0) is 16.7. The minimum absolute atomic E-state index is 0.153. The summed E-state index contributed by atoms with van der Waals surface area (Å²) in [6.07, 6.45) is 3.14. The zero-order valence-electron chi connectivity index (χ0n) is 12.7. The molecule has 1 heterocycles. The summed E-state index contributed by atoms with van der Waals surface area (Å²) in [6.45, 7) is 3.27. The van der Waals surface area contributed by atoms with E-state index in [9.17, 15) is 13.6 Å². The molecule has 0 bridgehead atoms. The summed E-state index contributed by atoms with van der Waals surface area (Å²) < 4.78 is 36.0.